The van der Waals surface area contributed by atoms with Crippen molar-refractivity contribution in [2.75, 3.05) is 13.2 Å². The van der Waals surface area contributed by atoms with Crippen LogP contribution in [-0.2, 0) is 0 Å². The molecule has 0 aromatic carbocycles. The zero-order valence-electron chi connectivity index (χ0n) is 9.61. The molecule has 0 radical (unpaired) electrons. The summed E-state index contributed by atoms with van der Waals surface area (Å²) in [6.45, 7) is 0.825. The van der Waals surface area contributed by atoms with Gasteiger partial charge in [0.2, 0.25) is 0 Å². The van der Waals surface area contributed by atoms with Crippen LogP contribution in [0.2, 0.25) is 0 Å². The second kappa shape index (κ2) is 5.36. The van der Waals surface area contributed by atoms with Crippen molar-refractivity contribution in [3.8, 4) is 0 Å². The molecule has 1 rings (SSSR count). The summed E-state index contributed by atoms with van der Waals surface area (Å²) >= 11 is 0. The SMILES string of the molecule is CCC1CCCC(CO)(NCC(F)(F)F)C1. The Labute approximate surface area is 94.2 Å². The van der Waals surface area contributed by atoms with Crippen molar-refractivity contribution in [2.24, 2.45) is 5.92 Å². The Kier molecular flexibility index (Phi) is 4.62. The first-order chi connectivity index (χ1) is 7.41. The highest BCUT2D eigenvalue weighted by Crippen LogP contribution is 2.34. The Hall–Kier alpha value is -0.290. The van der Waals surface area contributed by atoms with E-state index < -0.39 is 18.3 Å². The lowest BCUT2D eigenvalue weighted by atomic mass is 9.75. The maximum atomic E-state index is 12.2. The van der Waals surface area contributed by atoms with E-state index in [4.69, 9.17) is 0 Å². The van der Waals surface area contributed by atoms with Crippen LogP contribution in [0.1, 0.15) is 39.0 Å². The standard InChI is InChI=1S/C11H20F3NO/c1-2-9-4-3-5-10(6-9,8-16)15-7-11(12,13)14/h9,15-16H,2-8H2,1H3. The molecular weight excluding hydrogens is 219 g/mol. The maximum Gasteiger partial charge on any atom is 0.401 e. The number of hydrogen-bond acceptors (Lipinski definition) is 2. The van der Waals surface area contributed by atoms with Crippen LogP contribution in [0.15, 0.2) is 0 Å². The molecule has 0 saturated heterocycles. The van der Waals surface area contributed by atoms with Gasteiger partial charge in [-0.2, -0.15) is 13.2 Å². The molecule has 0 bridgehead atoms. The first-order valence-electron chi connectivity index (χ1n) is 5.83. The average molecular weight is 239 g/mol. The van der Waals surface area contributed by atoms with Crippen LogP contribution in [0, 0.1) is 5.92 Å². The molecule has 2 unspecified atom stereocenters. The number of hydrogen-bond donors (Lipinski definition) is 2. The largest absolute Gasteiger partial charge is 0.401 e. The van der Waals surface area contributed by atoms with Crippen molar-refractivity contribution in [3.63, 3.8) is 0 Å². The van der Waals surface area contributed by atoms with Crippen molar-refractivity contribution in [3.05, 3.63) is 0 Å². The molecule has 5 heteroatoms. The number of aliphatic hydroxyl groups is 1. The fourth-order valence-corrected chi connectivity index (χ4v) is 2.48. The fourth-order valence-electron chi connectivity index (χ4n) is 2.48. The van der Waals surface area contributed by atoms with Crippen LogP contribution in [0.25, 0.3) is 0 Å². The van der Waals surface area contributed by atoms with Crippen molar-refractivity contribution in [1.82, 2.24) is 5.32 Å². The van der Waals surface area contributed by atoms with Gasteiger partial charge in [0.15, 0.2) is 0 Å². The second-order valence-corrected chi connectivity index (χ2v) is 4.78. The molecule has 0 aromatic heterocycles. The van der Waals surface area contributed by atoms with Crippen LogP contribution in [0.4, 0.5) is 13.2 Å². The van der Waals surface area contributed by atoms with E-state index in [1.165, 1.54) is 0 Å². The molecule has 1 aliphatic carbocycles. The third-order valence-corrected chi connectivity index (χ3v) is 3.49. The predicted octanol–water partition coefficient (Wildman–Crippen LogP) is 2.47. The minimum Gasteiger partial charge on any atom is -0.394 e. The van der Waals surface area contributed by atoms with Gasteiger partial charge in [-0.05, 0) is 18.8 Å². The molecule has 0 spiro atoms. The zero-order valence-corrected chi connectivity index (χ0v) is 9.61. The number of rotatable bonds is 4. The number of halogens is 3. The van der Waals surface area contributed by atoms with Crippen LogP contribution >= 0.6 is 0 Å². The molecule has 0 amide bonds. The molecular formula is C11H20F3NO. The van der Waals surface area contributed by atoms with Crippen molar-refractivity contribution in [2.45, 2.75) is 50.7 Å². The Morgan fingerprint density at radius 2 is 2.12 bits per heavy atom. The maximum absolute atomic E-state index is 12.2. The first kappa shape index (κ1) is 13.8. The van der Waals surface area contributed by atoms with Gasteiger partial charge in [0.25, 0.3) is 0 Å². The number of aliphatic hydroxyl groups excluding tert-OH is 1. The lowest BCUT2D eigenvalue weighted by Gasteiger charge is -2.40. The van der Waals surface area contributed by atoms with Gasteiger partial charge in [-0.15, -0.1) is 0 Å². The fraction of sp³-hybridized carbons (Fsp3) is 1.00. The molecule has 0 aliphatic heterocycles. The van der Waals surface area contributed by atoms with Crippen molar-refractivity contribution in [1.29, 1.82) is 0 Å². The summed E-state index contributed by atoms with van der Waals surface area (Å²) in [7, 11) is 0. The monoisotopic (exact) mass is 239 g/mol. The number of alkyl halides is 3. The quantitative estimate of drug-likeness (QED) is 0.790. The molecule has 1 fully saturated rings. The second-order valence-electron chi connectivity index (χ2n) is 4.78. The van der Waals surface area contributed by atoms with Gasteiger partial charge in [-0.25, -0.2) is 0 Å². The Morgan fingerprint density at radius 1 is 1.44 bits per heavy atom. The summed E-state index contributed by atoms with van der Waals surface area (Å²) in [5.41, 5.74) is -0.714. The lowest BCUT2D eigenvalue weighted by molar-refractivity contribution is -0.131. The molecule has 16 heavy (non-hydrogen) atoms. The van der Waals surface area contributed by atoms with Crippen molar-refractivity contribution < 1.29 is 18.3 Å². The summed E-state index contributed by atoms with van der Waals surface area (Å²) in [5.74, 6) is 0.432. The molecule has 2 N–H and O–H groups in total. The van der Waals surface area contributed by atoms with E-state index in [0.29, 0.717) is 18.8 Å². The van der Waals surface area contributed by atoms with E-state index in [1.54, 1.807) is 0 Å². The smallest absolute Gasteiger partial charge is 0.394 e. The minimum atomic E-state index is -4.21. The Bertz CT molecular complexity index is 220. The van der Waals surface area contributed by atoms with Gasteiger partial charge in [0.1, 0.15) is 0 Å². The minimum absolute atomic E-state index is 0.209. The van der Waals surface area contributed by atoms with Crippen LogP contribution in [-0.4, -0.2) is 30.0 Å². The van der Waals surface area contributed by atoms with Gasteiger partial charge >= 0.3 is 6.18 Å². The Balaban J connectivity index is 2.55. The Morgan fingerprint density at radius 3 is 2.62 bits per heavy atom. The van der Waals surface area contributed by atoms with E-state index in [-0.39, 0.29) is 6.61 Å². The normalized spacial score (nSPS) is 31.7. The number of nitrogens with one attached hydrogen (secondary N) is 1. The van der Waals surface area contributed by atoms with E-state index in [2.05, 4.69) is 5.32 Å². The molecule has 96 valence electrons. The third kappa shape index (κ3) is 3.94. The summed E-state index contributed by atoms with van der Waals surface area (Å²) in [6.07, 6.45) is -0.00118. The van der Waals surface area contributed by atoms with Gasteiger partial charge in [-0.1, -0.05) is 26.2 Å². The van der Waals surface area contributed by atoms with Gasteiger partial charge in [0.05, 0.1) is 13.2 Å². The average Bonchev–Trinajstić information content (AvgIpc) is 2.26. The molecule has 2 atom stereocenters. The first-order valence-corrected chi connectivity index (χ1v) is 5.83. The topological polar surface area (TPSA) is 32.3 Å². The van der Waals surface area contributed by atoms with E-state index >= 15 is 0 Å². The van der Waals surface area contributed by atoms with E-state index in [9.17, 15) is 18.3 Å². The highest BCUT2D eigenvalue weighted by molar-refractivity contribution is 4.93. The van der Waals surface area contributed by atoms with E-state index in [0.717, 1.165) is 19.3 Å². The summed E-state index contributed by atoms with van der Waals surface area (Å²) in [5, 5.41) is 11.8. The molecule has 2 nitrogen and oxygen atoms in total. The van der Waals surface area contributed by atoms with Crippen LogP contribution < -0.4 is 5.32 Å². The predicted molar refractivity (Wildman–Crippen MR) is 56.1 cm³/mol. The summed E-state index contributed by atoms with van der Waals surface area (Å²) < 4.78 is 36.5. The molecule has 1 aliphatic rings. The highest BCUT2D eigenvalue weighted by Gasteiger charge is 2.38. The van der Waals surface area contributed by atoms with Gasteiger partial charge in [-0.3, -0.25) is 0 Å². The van der Waals surface area contributed by atoms with Gasteiger partial charge in [0, 0.05) is 5.54 Å². The van der Waals surface area contributed by atoms with Crippen LogP contribution in [0.3, 0.4) is 0 Å². The van der Waals surface area contributed by atoms with Crippen molar-refractivity contribution >= 4 is 0 Å². The molecule has 0 heterocycles. The third-order valence-electron chi connectivity index (χ3n) is 3.49. The highest BCUT2D eigenvalue weighted by atomic mass is 19.4. The lowest BCUT2D eigenvalue weighted by Crippen LogP contribution is -2.54. The van der Waals surface area contributed by atoms with Crippen LogP contribution in [0.5, 0.6) is 0 Å². The van der Waals surface area contributed by atoms with E-state index in [1.807, 2.05) is 6.92 Å². The van der Waals surface area contributed by atoms with Gasteiger partial charge < -0.3 is 10.4 Å². The molecule has 1 saturated carbocycles. The summed E-state index contributed by atoms with van der Waals surface area (Å²) in [4.78, 5) is 0. The summed E-state index contributed by atoms with van der Waals surface area (Å²) in [6, 6.07) is 0. The molecule has 0 aromatic rings. The zero-order chi connectivity index (χ0) is 12.2.